The summed E-state index contributed by atoms with van der Waals surface area (Å²) in [5, 5.41) is 13.2. The van der Waals surface area contributed by atoms with Crippen molar-refractivity contribution in [2.45, 2.75) is 45.7 Å². The van der Waals surface area contributed by atoms with E-state index in [0.29, 0.717) is 17.8 Å². The van der Waals surface area contributed by atoms with Crippen LogP contribution in [0.1, 0.15) is 45.2 Å². The first kappa shape index (κ1) is 12.4. The third kappa shape index (κ3) is 2.81. The fourth-order valence-corrected chi connectivity index (χ4v) is 2.81. The normalized spacial score (nSPS) is 30.4. The Labute approximate surface area is 104 Å². The lowest BCUT2D eigenvalue weighted by molar-refractivity contribution is 0.346. The van der Waals surface area contributed by atoms with Gasteiger partial charge in [0.25, 0.3) is 0 Å². The SMILES string of the molecule is CC(NC1CCC(C)C1C)c1cccc(O)c1. The summed E-state index contributed by atoms with van der Waals surface area (Å²) < 4.78 is 0. The van der Waals surface area contributed by atoms with Crippen molar-refractivity contribution in [1.82, 2.24) is 5.32 Å². The van der Waals surface area contributed by atoms with Crippen LogP contribution in [-0.2, 0) is 0 Å². The van der Waals surface area contributed by atoms with Crippen LogP contribution in [0.15, 0.2) is 24.3 Å². The largest absolute Gasteiger partial charge is 0.508 e. The maximum Gasteiger partial charge on any atom is 0.115 e. The van der Waals surface area contributed by atoms with Gasteiger partial charge in [0, 0.05) is 12.1 Å². The molecule has 1 fully saturated rings. The van der Waals surface area contributed by atoms with Gasteiger partial charge in [0.15, 0.2) is 0 Å². The topological polar surface area (TPSA) is 32.3 Å². The molecule has 2 N–H and O–H groups in total. The van der Waals surface area contributed by atoms with E-state index < -0.39 is 0 Å². The molecule has 1 saturated carbocycles. The van der Waals surface area contributed by atoms with Crippen LogP contribution in [0.4, 0.5) is 0 Å². The highest BCUT2D eigenvalue weighted by molar-refractivity contribution is 5.29. The van der Waals surface area contributed by atoms with E-state index in [1.165, 1.54) is 12.8 Å². The van der Waals surface area contributed by atoms with E-state index in [9.17, 15) is 5.11 Å². The van der Waals surface area contributed by atoms with Gasteiger partial charge in [0.05, 0.1) is 0 Å². The lowest BCUT2D eigenvalue weighted by atomic mass is 9.96. The number of benzene rings is 1. The van der Waals surface area contributed by atoms with Crippen molar-refractivity contribution in [2.24, 2.45) is 11.8 Å². The summed E-state index contributed by atoms with van der Waals surface area (Å²) >= 11 is 0. The molecule has 0 bridgehead atoms. The Hall–Kier alpha value is -1.02. The van der Waals surface area contributed by atoms with Crippen molar-refractivity contribution in [3.05, 3.63) is 29.8 Å². The standard InChI is InChI=1S/C15H23NO/c1-10-7-8-15(11(10)2)16-12(3)13-5-4-6-14(17)9-13/h4-6,9-12,15-17H,7-8H2,1-3H3. The lowest BCUT2D eigenvalue weighted by Gasteiger charge is -2.24. The molecule has 1 aromatic carbocycles. The highest BCUT2D eigenvalue weighted by Gasteiger charge is 2.30. The number of aromatic hydroxyl groups is 1. The van der Waals surface area contributed by atoms with Gasteiger partial charge in [-0.1, -0.05) is 26.0 Å². The second kappa shape index (κ2) is 5.09. The second-order valence-electron chi connectivity index (χ2n) is 5.50. The van der Waals surface area contributed by atoms with Gasteiger partial charge in [-0.25, -0.2) is 0 Å². The molecule has 0 heterocycles. The van der Waals surface area contributed by atoms with Crippen LogP contribution in [0.25, 0.3) is 0 Å². The van der Waals surface area contributed by atoms with Crippen molar-refractivity contribution >= 4 is 0 Å². The minimum Gasteiger partial charge on any atom is -0.508 e. The molecule has 1 aliphatic carbocycles. The lowest BCUT2D eigenvalue weighted by Crippen LogP contribution is -2.34. The zero-order valence-electron chi connectivity index (χ0n) is 11.0. The van der Waals surface area contributed by atoms with E-state index in [4.69, 9.17) is 0 Å². The van der Waals surface area contributed by atoms with Crippen molar-refractivity contribution in [2.75, 3.05) is 0 Å². The van der Waals surface area contributed by atoms with E-state index in [-0.39, 0.29) is 0 Å². The fourth-order valence-electron chi connectivity index (χ4n) is 2.81. The Balaban J connectivity index is 2.00. The Morgan fingerprint density at radius 1 is 1.29 bits per heavy atom. The summed E-state index contributed by atoms with van der Waals surface area (Å²) in [7, 11) is 0. The highest BCUT2D eigenvalue weighted by Crippen LogP contribution is 2.32. The number of rotatable bonds is 3. The van der Waals surface area contributed by atoms with Gasteiger partial charge in [-0.2, -0.15) is 0 Å². The van der Waals surface area contributed by atoms with E-state index >= 15 is 0 Å². The molecule has 4 unspecified atom stereocenters. The average molecular weight is 233 g/mol. The van der Waals surface area contributed by atoms with E-state index in [1.54, 1.807) is 6.07 Å². The van der Waals surface area contributed by atoms with E-state index in [2.05, 4.69) is 32.2 Å². The smallest absolute Gasteiger partial charge is 0.115 e. The van der Waals surface area contributed by atoms with Gasteiger partial charge in [0.1, 0.15) is 5.75 Å². The third-order valence-corrected chi connectivity index (χ3v) is 4.30. The van der Waals surface area contributed by atoms with Crippen LogP contribution in [0.2, 0.25) is 0 Å². The van der Waals surface area contributed by atoms with Crippen molar-refractivity contribution < 1.29 is 5.11 Å². The number of phenolic OH excluding ortho intramolecular Hbond substituents is 1. The average Bonchev–Trinajstić information content (AvgIpc) is 2.61. The molecule has 0 spiro atoms. The van der Waals surface area contributed by atoms with Crippen LogP contribution in [0.5, 0.6) is 5.75 Å². The molecular formula is C15H23NO. The van der Waals surface area contributed by atoms with Gasteiger partial charge in [-0.15, -0.1) is 0 Å². The van der Waals surface area contributed by atoms with Crippen molar-refractivity contribution in [1.29, 1.82) is 0 Å². The zero-order valence-corrected chi connectivity index (χ0v) is 11.0. The van der Waals surface area contributed by atoms with Crippen LogP contribution in [0.3, 0.4) is 0 Å². The first-order valence-corrected chi connectivity index (χ1v) is 6.63. The summed E-state index contributed by atoms with van der Waals surface area (Å²) in [6, 6.07) is 8.46. The molecule has 0 amide bonds. The second-order valence-corrected chi connectivity index (χ2v) is 5.50. The third-order valence-electron chi connectivity index (χ3n) is 4.30. The van der Waals surface area contributed by atoms with Crippen LogP contribution >= 0.6 is 0 Å². The monoisotopic (exact) mass is 233 g/mol. The molecule has 0 saturated heterocycles. The Bertz CT molecular complexity index is 377. The first-order valence-electron chi connectivity index (χ1n) is 6.63. The van der Waals surface area contributed by atoms with Gasteiger partial charge >= 0.3 is 0 Å². The van der Waals surface area contributed by atoms with Gasteiger partial charge in [-0.05, 0) is 49.3 Å². The van der Waals surface area contributed by atoms with Crippen LogP contribution in [-0.4, -0.2) is 11.1 Å². The number of hydrogen-bond acceptors (Lipinski definition) is 2. The molecule has 2 heteroatoms. The van der Waals surface area contributed by atoms with Gasteiger partial charge in [-0.3, -0.25) is 0 Å². The number of nitrogens with one attached hydrogen (secondary N) is 1. The highest BCUT2D eigenvalue weighted by atomic mass is 16.3. The predicted octanol–water partition coefficient (Wildman–Crippen LogP) is 3.48. The number of phenols is 1. The maximum absolute atomic E-state index is 9.49. The van der Waals surface area contributed by atoms with Crippen LogP contribution in [0, 0.1) is 11.8 Å². The minimum absolute atomic E-state index is 0.305. The molecule has 1 aliphatic rings. The Morgan fingerprint density at radius 2 is 2.06 bits per heavy atom. The molecule has 1 aromatic rings. The molecule has 4 atom stereocenters. The summed E-state index contributed by atoms with van der Waals surface area (Å²) in [4.78, 5) is 0. The van der Waals surface area contributed by atoms with E-state index in [1.807, 2.05) is 12.1 Å². The molecule has 94 valence electrons. The van der Waals surface area contributed by atoms with Gasteiger partial charge < -0.3 is 10.4 Å². The number of hydrogen-bond donors (Lipinski definition) is 2. The first-order chi connectivity index (χ1) is 8.08. The van der Waals surface area contributed by atoms with Gasteiger partial charge in [0.2, 0.25) is 0 Å². The molecule has 0 radical (unpaired) electrons. The Kier molecular flexibility index (Phi) is 3.72. The quantitative estimate of drug-likeness (QED) is 0.837. The summed E-state index contributed by atoms with van der Waals surface area (Å²) in [6.45, 7) is 6.85. The summed E-state index contributed by atoms with van der Waals surface area (Å²) in [5.41, 5.74) is 1.16. The molecule has 0 aromatic heterocycles. The predicted molar refractivity (Wildman–Crippen MR) is 71.0 cm³/mol. The fraction of sp³-hybridized carbons (Fsp3) is 0.600. The summed E-state index contributed by atoms with van der Waals surface area (Å²) in [5.74, 6) is 1.92. The molecule has 0 aliphatic heterocycles. The van der Waals surface area contributed by atoms with Crippen molar-refractivity contribution in [3.8, 4) is 5.75 Å². The van der Waals surface area contributed by atoms with E-state index in [0.717, 1.165) is 17.4 Å². The molecule has 2 rings (SSSR count). The Morgan fingerprint density at radius 3 is 2.65 bits per heavy atom. The van der Waals surface area contributed by atoms with Crippen LogP contribution < -0.4 is 5.32 Å². The van der Waals surface area contributed by atoms with Crippen molar-refractivity contribution in [3.63, 3.8) is 0 Å². The summed E-state index contributed by atoms with van der Waals surface area (Å²) in [6.07, 6.45) is 2.59. The minimum atomic E-state index is 0.305. The maximum atomic E-state index is 9.49. The molecule has 2 nitrogen and oxygen atoms in total. The zero-order chi connectivity index (χ0) is 12.4. The molecule has 17 heavy (non-hydrogen) atoms. The molecular weight excluding hydrogens is 210 g/mol.